The smallest absolute Gasteiger partial charge is 0.196 e. The number of benzene rings is 2. The lowest BCUT2D eigenvalue weighted by atomic mass is 9.92. The maximum atomic E-state index is 12.4. The lowest BCUT2D eigenvalue weighted by Crippen LogP contribution is -2.14. The van der Waals surface area contributed by atoms with E-state index in [-0.39, 0.29) is 5.78 Å². The summed E-state index contributed by atoms with van der Waals surface area (Å²) in [6.07, 6.45) is -1.10. The van der Waals surface area contributed by atoms with E-state index in [2.05, 4.69) is 0 Å². The van der Waals surface area contributed by atoms with Crippen LogP contribution in [0.4, 0.5) is 0 Å². The van der Waals surface area contributed by atoms with Crippen molar-refractivity contribution in [3.63, 3.8) is 0 Å². The minimum atomic E-state index is -1.10. The Morgan fingerprint density at radius 1 is 0.947 bits per heavy atom. The molecule has 98 valence electrons. The Kier molecular flexibility index (Phi) is 3.82. The Bertz CT molecular complexity index is 600. The van der Waals surface area contributed by atoms with Crippen molar-refractivity contribution >= 4 is 5.78 Å². The van der Waals surface area contributed by atoms with Gasteiger partial charge in [0, 0.05) is 5.56 Å². The highest BCUT2D eigenvalue weighted by molar-refractivity contribution is 6.01. The van der Waals surface area contributed by atoms with Gasteiger partial charge in [-0.05, 0) is 43.0 Å². The number of carbonyl (C=O) groups is 1. The van der Waals surface area contributed by atoms with Crippen LogP contribution in [0.3, 0.4) is 0 Å². The molecule has 0 aliphatic heterocycles. The summed E-state index contributed by atoms with van der Waals surface area (Å²) in [6.45, 7) is 5.94. The average Bonchev–Trinajstić information content (AvgIpc) is 2.44. The summed E-state index contributed by atoms with van der Waals surface area (Å²) in [6, 6.07) is 12.7. The van der Waals surface area contributed by atoms with Crippen LogP contribution in [0.1, 0.15) is 38.7 Å². The number of Topliss-reactive ketones (excluding diaryl/α,β-unsaturated/α-hetero) is 1. The van der Waals surface area contributed by atoms with Gasteiger partial charge in [-0.3, -0.25) is 4.79 Å². The standard InChI is InChI=1S/C17H18O2/c1-11-9-10-15(13(3)12(11)2)17(19)16(18)14-7-5-4-6-8-14/h4-10,16,18H,1-3H3. The maximum absolute atomic E-state index is 12.4. The van der Waals surface area contributed by atoms with Gasteiger partial charge in [-0.25, -0.2) is 0 Å². The molecule has 0 aliphatic rings. The third-order valence-electron chi connectivity index (χ3n) is 3.69. The summed E-state index contributed by atoms with van der Waals surface area (Å²) >= 11 is 0. The van der Waals surface area contributed by atoms with Crippen molar-refractivity contribution in [2.75, 3.05) is 0 Å². The first-order valence-electron chi connectivity index (χ1n) is 6.36. The fraction of sp³-hybridized carbons (Fsp3) is 0.235. The summed E-state index contributed by atoms with van der Waals surface area (Å²) in [5.74, 6) is -0.244. The molecule has 0 saturated heterocycles. The summed E-state index contributed by atoms with van der Waals surface area (Å²) in [5.41, 5.74) is 4.43. The molecule has 2 aromatic rings. The number of aliphatic hydroxyl groups excluding tert-OH is 1. The molecular weight excluding hydrogens is 236 g/mol. The molecule has 1 atom stereocenters. The first kappa shape index (κ1) is 13.5. The Hall–Kier alpha value is -1.93. The van der Waals surface area contributed by atoms with Crippen LogP contribution in [0.15, 0.2) is 42.5 Å². The van der Waals surface area contributed by atoms with E-state index < -0.39 is 6.10 Å². The van der Waals surface area contributed by atoms with Crippen LogP contribution in [0.5, 0.6) is 0 Å². The van der Waals surface area contributed by atoms with Crippen LogP contribution in [-0.2, 0) is 0 Å². The lowest BCUT2D eigenvalue weighted by Gasteiger charge is -2.14. The third kappa shape index (κ3) is 2.59. The molecule has 0 aliphatic carbocycles. The molecular formula is C17H18O2. The molecule has 2 nitrogen and oxygen atoms in total. The number of aryl methyl sites for hydroxylation is 1. The second kappa shape index (κ2) is 5.37. The number of hydrogen-bond acceptors (Lipinski definition) is 2. The van der Waals surface area contributed by atoms with Crippen LogP contribution in [0.25, 0.3) is 0 Å². The fourth-order valence-corrected chi connectivity index (χ4v) is 2.16. The third-order valence-corrected chi connectivity index (χ3v) is 3.69. The van der Waals surface area contributed by atoms with Gasteiger partial charge >= 0.3 is 0 Å². The number of carbonyl (C=O) groups excluding carboxylic acids is 1. The minimum absolute atomic E-state index is 0.244. The summed E-state index contributed by atoms with van der Waals surface area (Å²) < 4.78 is 0. The van der Waals surface area contributed by atoms with Gasteiger partial charge < -0.3 is 5.11 Å². The zero-order valence-corrected chi connectivity index (χ0v) is 11.5. The first-order valence-corrected chi connectivity index (χ1v) is 6.36. The molecule has 19 heavy (non-hydrogen) atoms. The van der Waals surface area contributed by atoms with E-state index in [1.165, 1.54) is 0 Å². The van der Waals surface area contributed by atoms with E-state index in [4.69, 9.17) is 0 Å². The molecule has 2 heteroatoms. The van der Waals surface area contributed by atoms with E-state index in [1.54, 1.807) is 18.2 Å². The SMILES string of the molecule is Cc1ccc(C(=O)C(O)c2ccccc2)c(C)c1C. The number of rotatable bonds is 3. The molecule has 0 saturated carbocycles. The molecule has 0 aromatic heterocycles. The number of hydrogen-bond donors (Lipinski definition) is 1. The van der Waals surface area contributed by atoms with E-state index in [0.717, 1.165) is 16.7 Å². The summed E-state index contributed by atoms with van der Waals surface area (Å²) in [7, 11) is 0. The summed E-state index contributed by atoms with van der Waals surface area (Å²) in [4.78, 5) is 12.4. The molecule has 1 unspecified atom stereocenters. The van der Waals surface area contributed by atoms with Crippen molar-refractivity contribution in [3.8, 4) is 0 Å². The molecule has 0 radical (unpaired) electrons. The Morgan fingerprint density at radius 2 is 1.58 bits per heavy atom. The molecule has 2 aromatic carbocycles. The van der Waals surface area contributed by atoms with E-state index in [9.17, 15) is 9.90 Å². The molecule has 0 fully saturated rings. The topological polar surface area (TPSA) is 37.3 Å². The van der Waals surface area contributed by atoms with Crippen molar-refractivity contribution in [3.05, 3.63) is 70.3 Å². The molecule has 0 amide bonds. The van der Waals surface area contributed by atoms with Gasteiger partial charge in [0.15, 0.2) is 5.78 Å². The van der Waals surface area contributed by atoms with Crippen LogP contribution < -0.4 is 0 Å². The lowest BCUT2D eigenvalue weighted by molar-refractivity contribution is 0.0746. The molecule has 0 bridgehead atoms. The largest absolute Gasteiger partial charge is 0.380 e. The zero-order valence-electron chi connectivity index (χ0n) is 11.5. The quantitative estimate of drug-likeness (QED) is 0.851. The fourth-order valence-electron chi connectivity index (χ4n) is 2.16. The van der Waals surface area contributed by atoms with Gasteiger partial charge in [-0.15, -0.1) is 0 Å². The molecule has 1 N–H and O–H groups in total. The van der Waals surface area contributed by atoms with E-state index in [0.29, 0.717) is 11.1 Å². The Balaban J connectivity index is 2.38. The van der Waals surface area contributed by atoms with Crippen molar-refractivity contribution in [1.29, 1.82) is 0 Å². The van der Waals surface area contributed by atoms with E-state index in [1.807, 2.05) is 45.0 Å². The second-order valence-corrected chi connectivity index (χ2v) is 4.86. The molecule has 0 heterocycles. The minimum Gasteiger partial charge on any atom is -0.380 e. The average molecular weight is 254 g/mol. The Labute approximate surface area is 113 Å². The highest BCUT2D eigenvalue weighted by Crippen LogP contribution is 2.23. The van der Waals surface area contributed by atoms with Crippen molar-refractivity contribution in [2.24, 2.45) is 0 Å². The van der Waals surface area contributed by atoms with Crippen molar-refractivity contribution in [1.82, 2.24) is 0 Å². The summed E-state index contributed by atoms with van der Waals surface area (Å²) in [5, 5.41) is 10.2. The van der Waals surface area contributed by atoms with Gasteiger partial charge in [0.2, 0.25) is 0 Å². The van der Waals surface area contributed by atoms with Crippen LogP contribution >= 0.6 is 0 Å². The van der Waals surface area contributed by atoms with Gasteiger partial charge in [-0.1, -0.05) is 42.5 Å². The molecule has 0 spiro atoms. The number of ketones is 1. The number of aliphatic hydroxyl groups is 1. The van der Waals surface area contributed by atoms with Crippen LogP contribution in [0, 0.1) is 20.8 Å². The highest BCUT2D eigenvalue weighted by Gasteiger charge is 2.21. The predicted octanol–water partition coefficient (Wildman–Crippen LogP) is 3.53. The first-order chi connectivity index (χ1) is 9.02. The zero-order chi connectivity index (χ0) is 14.0. The predicted molar refractivity (Wildman–Crippen MR) is 76.4 cm³/mol. The van der Waals surface area contributed by atoms with Gasteiger partial charge in [-0.2, -0.15) is 0 Å². The Morgan fingerprint density at radius 3 is 2.21 bits per heavy atom. The van der Waals surface area contributed by atoms with Crippen molar-refractivity contribution in [2.45, 2.75) is 26.9 Å². The maximum Gasteiger partial charge on any atom is 0.196 e. The van der Waals surface area contributed by atoms with Crippen molar-refractivity contribution < 1.29 is 9.90 Å². The monoisotopic (exact) mass is 254 g/mol. The highest BCUT2D eigenvalue weighted by atomic mass is 16.3. The van der Waals surface area contributed by atoms with Crippen LogP contribution in [-0.4, -0.2) is 10.9 Å². The normalized spacial score (nSPS) is 12.2. The van der Waals surface area contributed by atoms with E-state index >= 15 is 0 Å². The van der Waals surface area contributed by atoms with Gasteiger partial charge in [0.05, 0.1) is 0 Å². The second-order valence-electron chi connectivity index (χ2n) is 4.86. The van der Waals surface area contributed by atoms with Gasteiger partial charge in [0.25, 0.3) is 0 Å². The van der Waals surface area contributed by atoms with Gasteiger partial charge in [0.1, 0.15) is 6.10 Å². The molecule has 2 rings (SSSR count). The van der Waals surface area contributed by atoms with Crippen LogP contribution in [0.2, 0.25) is 0 Å².